The van der Waals surface area contributed by atoms with Crippen LogP contribution in [0.3, 0.4) is 0 Å². The van der Waals surface area contributed by atoms with E-state index in [1.807, 2.05) is 36.4 Å². The van der Waals surface area contributed by atoms with Gasteiger partial charge in [-0.05, 0) is 30.9 Å². The summed E-state index contributed by atoms with van der Waals surface area (Å²) in [6.45, 7) is 0.482. The molecule has 1 heterocycles. The minimum atomic E-state index is 0.0606. The van der Waals surface area contributed by atoms with Gasteiger partial charge in [-0.1, -0.05) is 30.3 Å². The van der Waals surface area contributed by atoms with Gasteiger partial charge in [0.25, 0.3) is 0 Å². The second-order valence-corrected chi connectivity index (χ2v) is 5.47. The van der Waals surface area contributed by atoms with Gasteiger partial charge in [0.15, 0.2) is 0 Å². The molecule has 21 heavy (non-hydrogen) atoms. The average molecular weight is 281 g/mol. The van der Waals surface area contributed by atoms with Crippen molar-refractivity contribution in [2.75, 3.05) is 0 Å². The highest BCUT2D eigenvalue weighted by Gasteiger charge is 2.25. The normalized spacial score (nSPS) is 13.9. The van der Waals surface area contributed by atoms with E-state index in [1.165, 1.54) is 18.4 Å². The Kier molecular flexibility index (Phi) is 4.24. The topological polar surface area (TPSA) is 54.9 Å². The SMILES string of the molecule is O=C(CCc1ccccc1)NCc1cc(C2CC2)ncn1. The van der Waals surface area contributed by atoms with E-state index in [4.69, 9.17) is 0 Å². The number of amides is 1. The van der Waals surface area contributed by atoms with E-state index in [0.717, 1.165) is 17.8 Å². The Morgan fingerprint density at radius 3 is 2.76 bits per heavy atom. The standard InChI is InChI=1S/C17H19N3O/c21-17(9-6-13-4-2-1-3-5-13)18-11-15-10-16(14-7-8-14)20-12-19-15/h1-5,10,12,14H,6-9,11H2,(H,18,21). The number of aryl methyl sites for hydroxylation is 1. The van der Waals surface area contributed by atoms with Gasteiger partial charge < -0.3 is 5.32 Å². The predicted octanol–water partition coefficient (Wildman–Crippen LogP) is 2.60. The van der Waals surface area contributed by atoms with Crippen LogP contribution < -0.4 is 5.32 Å². The lowest BCUT2D eigenvalue weighted by Crippen LogP contribution is -2.23. The van der Waals surface area contributed by atoms with E-state index >= 15 is 0 Å². The van der Waals surface area contributed by atoms with Crippen molar-refractivity contribution in [1.29, 1.82) is 0 Å². The van der Waals surface area contributed by atoms with Crippen molar-refractivity contribution in [3.63, 3.8) is 0 Å². The summed E-state index contributed by atoms with van der Waals surface area (Å²) in [4.78, 5) is 20.4. The molecule has 108 valence electrons. The van der Waals surface area contributed by atoms with Gasteiger partial charge in [-0.2, -0.15) is 0 Å². The first-order chi connectivity index (χ1) is 10.3. The molecule has 0 spiro atoms. The van der Waals surface area contributed by atoms with E-state index in [-0.39, 0.29) is 5.91 Å². The molecule has 4 heteroatoms. The molecule has 1 aliphatic rings. The summed E-state index contributed by atoms with van der Waals surface area (Å²) < 4.78 is 0. The van der Waals surface area contributed by atoms with Gasteiger partial charge in [0.05, 0.1) is 12.2 Å². The number of hydrogen-bond donors (Lipinski definition) is 1. The van der Waals surface area contributed by atoms with Crippen LogP contribution in [0.4, 0.5) is 0 Å². The zero-order chi connectivity index (χ0) is 14.5. The number of hydrogen-bond acceptors (Lipinski definition) is 3. The third kappa shape index (κ3) is 4.12. The number of rotatable bonds is 6. The molecule has 0 atom stereocenters. The number of carbonyl (C=O) groups is 1. The molecule has 0 unspecified atom stereocenters. The molecule has 1 N–H and O–H groups in total. The van der Waals surface area contributed by atoms with Crippen LogP contribution in [-0.2, 0) is 17.8 Å². The van der Waals surface area contributed by atoms with Crippen LogP contribution in [0.25, 0.3) is 0 Å². The van der Waals surface area contributed by atoms with Crippen molar-refractivity contribution in [3.8, 4) is 0 Å². The average Bonchev–Trinajstić information content (AvgIpc) is 3.37. The molecule has 1 amide bonds. The third-order valence-corrected chi connectivity index (χ3v) is 3.69. The molecule has 1 saturated carbocycles. The molecule has 3 rings (SSSR count). The van der Waals surface area contributed by atoms with Crippen molar-refractivity contribution < 1.29 is 4.79 Å². The van der Waals surface area contributed by atoms with Crippen LogP contribution in [0, 0.1) is 0 Å². The van der Waals surface area contributed by atoms with Gasteiger partial charge in [0.2, 0.25) is 5.91 Å². The molecule has 0 aliphatic heterocycles. The molecule has 1 aromatic heterocycles. The smallest absolute Gasteiger partial charge is 0.220 e. The van der Waals surface area contributed by atoms with Crippen LogP contribution in [0.15, 0.2) is 42.7 Å². The Balaban J connectivity index is 1.46. The lowest BCUT2D eigenvalue weighted by atomic mass is 10.1. The Morgan fingerprint density at radius 1 is 1.19 bits per heavy atom. The van der Waals surface area contributed by atoms with Crippen molar-refractivity contribution in [1.82, 2.24) is 15.3 Å². The summed E-state index contributed by atoms with van der Waals surface area (Å²) >= 11 is 0. The Labute approximate surface area is 124 Å². The summed E-state index contributed by atoms with van der Waals surface area (Å²) in [5.41, 5.74) is 3.18. The first kappa shape index (κ1) is 13.7. The molecule has 2 aromatic rings. The van der Waals surface area contributed by atoms with Gasteiger partial charge in [0.1, 0.15) is 6.33 Å². The van der Waals surface area contributed by atoms with Crippen molar-refractivity contribution in [3.05, 3.63) is 59.7 Å². The van der Waals surface area contributed by atoms with Crippen molar-refractivity contribution >= 4 is 5.91 Å². The summed E-state index contributed by atoms with van der Waals surface area (Å²) in [5.74, 6) is 0.672. The molecular weight excluding hydrogens is 262 g/mol. The zero-order valence-electron chi connectivity index (χ0n) is 12.0. The van der Waals surface area contributed by atoms with Gasteiger partial charge in [-0.15, -0.1) is 0 Å². The number of aromatic nitrogens is 2. The Bertz CT molecular complexity index is 608. The second kappa shape index (κ2) is 6.48. The molecule has 1 fully saturated rings. The highest BCUT2D eigenvalue weighted by Crippen LogP contribution is 2.38. The monoisotopic (exact) mass is 281 g/mol. The fourth-order valence-corrected chi connectivity index (χ4v) is 2.29. The fraction of sp³-hybridized carbons (Fsp3) is 0.353. The van der Waals surface area contributed by atoms with Crippen molar-refractivity contribution in [2.45, 2.75) is 38.1 Å². The predicted molar refractivity (Wildman–Crippen MR) is 80.6 cm³/mol. The molecule has 1 aromatic carbocycles. The van der Waals surface area contributed by atoms with E-state index < -0.39 is 0 Å². The van der Waals surface area contributed by atoms with Crippen LogP contribution in [0.1, 0.15) is 42.1 Å². The number of nitrogens with one attached hydrogen (secondary N) is 1. The van der Waals surface area contributed by atoms with Crippen LogP contribution in [0.5, 0.6) is 0 Å². The quantitative estimate of drug-likeness (QED) is 0.885. The highest BCUT2D eigenvalue weighted by atomic mass is 16.1. The summed E-state index contributed by atoms with van der Waals surface area (Å²) in [5, 5.41) is 2.93. The number of carbonyl (C=O) groups excluding carboxylic acids is 1. The van der Waals surface area contributed by atoms with Gasteiger partial charge in [0, 0.05) is 18.0 Å². The summed E-state index contributed by atoms with van der Waals surface area (Å²) in [6, 6.07) is 12.1. The molecule has 4 nitrogen and oxygen atoms in total. The summed E-state index contributed by atoms with van der Waals surface area (Å²) in [6.07, 6.45) is 5.31. The molecule has 0 saturated heterocycles. The van der Waals surface area contributed by atoms with Crippen LogP contribution in [-0.4, -0.2) is 15.9 Å². The van der Waals surface area contributed by atoms with Crippen molar-refractivity contribution in [2.24, 2.45) is 0 Å². The first-order valence-corrected chi connectivity index (χ1v) is 7.43. The molecule has 0 bridgehead atoms. The minimum absolute atomic E-state index is 0.0606. The van der Waals surface area contributed by atoms with E-state index in [1.54, 1.807) is 6.33 Å². The molecule has 0 radical (unpaired) electrons. The number of benzene rings is 1. The second-order valence-electron chi connectivity index (χ2n) is 5.47. The maximum Gasteiger partial charge on any atom is 0.220 e. The fourth-order valence-electron chi connectivity index (χ4n) is 2.29. The van der Waals surface area contributed by atoms with Gasteiger partial charge in [-0.25, -0.2) is 9.97 Å². The van der Waals surface area contributed by atoms with Crippen LogP contribution in [0.2, 0.25) is 0 Å². The highest BCUT2D eigenvalue weighted by molar-refractivity contribution is 5.76. The first-order valence-electron chi connectivity index (χ1n) is 7.43. The number of nitrogens with zero attached hydrogens (tertiary/aromatic N) is 2. The van der Waals surface area contributed by atoms with E-state index in [0.29, 0.717) is 18.9 Å². The maximum absolute atomic E-state index is 11.9. The van der Waals surface area contributed by atoms with Gasteiger partial charge >= 0.3 is 0 Å². The van der Waals surface area contributed by atoms with E-state index in [2.05, 4.69) is 15.3 Å². The molecular formula is C17H19N3O. The zero-order valence-corrected chi connectivity index (χ0v) is 12.0. The Morgan fingerprint density at radius 2 is 2.00 bits per heavy atom. The minimum Gasteiger partial charge on any atom is -0.350 e. The largest absolute Gasteiger partial charge is 0.350 e. The maximum atomic E-state index is 11.9. The third-order valence-electron chi connectivity index (χ3n) is 3.69. The lowest BCUT2D eigenvalue weighted by Gasteiger charge is -2.06. The molecule has 1 aliphatic carbocycles. The van der Waals surface area contributed by atoms with Crippen LogP contribution >= 0.6 is 0 Å². The van der Waals surface area contributed by atoms with E-state index in [9.17, 15) is 4.79 Å². The van der Waals surface area contributed by atoms with Gasteiger partial charge in [-0.3, -0.25) is 4.79 Å². The summed E-state index contributed by atoms with van der Waals surface area (Å²) in [7, 11) is 0. The Hall–Kier alpha value is -2.23. The lowest BCUT2D eigenvalue weighted by molar-refractivity contribution is -0.121.